The van der Waals surface area contributed by atoms with E-state index in [2.05, 4.69) is 0 Å². The maximum absolute atomic E-state index is 13.5. The molecule has 2 rings (SSSR count). The summed E-state index contributed by atoms with van der Waals surface area (Å²) in [5, 5.41) is 0. The van der Waals surface area contributed by atoms with Crippen molar-refractivity contribution in [2.24, 2.45) is 5.92 Å². The maximum atomic E-state index is 13.5. The summed E-state index contributed by atoms with van der Waals surface area (Å²) in [6.45, 7) is 0.907. The fourth-order valence-corrected chi connectivity index (χ4v) is 2.65. The predicted octanol–water partition coefficient (Wildman–Crippen LogP) is 3.26. The smallest absolute Gasteiger partial charge is 0.155 e. The molecule has 92 valence electrons. The SMILES string of the molecule is CN(CC1CCCC1)c1cccc(F)c1C=O. The molecule has 0 unspecified atom stereocenters. The van der Waals surface area contributed by atoms with E-state index in [1.165, 1.54) is 31.7 Å². The molecule has 0 atom stereocenters. The molecular formula is C14H18FNO. The molecule has 1 aromatic carbocycles. The van der Waals surface area contributed by atoms with Gasteiger partial charge in [-0.25, -0.2) is 4.39 Å². The molecule has 0 saturated heterocycles. The molecule has 2 nitrogen and oxygen atoms in total. The first-order valence-corrected chi connectivity index (χ1v) is 6.17. The Bertz CT molecular complexity index is 399. The number of carbonyl (C=O) groups excluding carboxylic acids is 1. The van der Waals surface area contributed by atoms with Gasteiger partial charge in [-0.2, -0.15) is 0 Å². The number of carbonyl (C=O) groups is 1. The van der Waals surface area contributed by atoms with E-state index in [0.717, 1.165) is 6.54 Å². The van der Waals surface area contributed by atoms with E-state index in [4.69, 9.17) is 0 Å². The van der Waals surface area contributed by atoms with E-state index < -0.39 is 5.82 Å². The first kappa shape index (κ1) is 12.1. The Kier molecular flexibility index (Phi) is 3.77. The highest BCUT2D eigenvalue weighted by Crippen LogP contribution is 2.28. The van der Waals surface area contributed by atoms with Crippen LogP contribution in [0.1, 0.15) is 36.0 Å². The zero-order valence-corrected chi connectivity index (χ0v) is 10.2. The number of benzene rings is 1. The fraction of sp³-hybridized carbons (Fsp3) is 0.500. The summed E-state index contributed by atoms with van der Waals surface area (Å²) in [6.07, 6.45) is 5.69. The summed E-state index contributed by atoms with van der Waals surface area (Å²) in [5.74, 6) is 0.249. The predicted molar refractivity (Wildman–Crippen MR) is 67.0 cm³/mol. The summed E-state index contributed by atoms with van der Waals surface area (Å²) in [6, 6.07) is 4.79. The third kappa shape index (κ3) is 2.65. The molecule has 0 heterocycles. The van der Waals surface area contributed by atoms with Crippen LogP contribution in [0.25, 0.3) is 0 Å². The monoisotopic (exact) mass is 235 g/mol. The van der Waals surface area contributed by atoms with E-state index >= 15 is 0 Å². The molecule has 3 heteroatoms. The van der Waals surface area contributed by atoms with Gasteiger partial charge in [-0.3, -0.25) is 4.79 Å². The highest BCUT2D eigenvalue weighted by molar-refractivity contribution is 5.84. The Labute approximate surface area is 101 Å². The summed E-state index contributed by atoms with van der Waals surface area (Å²) < 4.78 is 13.5. The van der Waals surface area contributed by atoms with Gasteiger partial charge >= 0.3 is 0 Å². The lowest BCUT2D eigenvalue weighted by Gasteiger charge is -2.24. The van der Waals surface area contributed by atoms with Crippen molar-refractivity contribution < 1.29 is 9.18 Å². The molecule has 1 fully saturated rings. The topological polar surface area (TPSA) is 20.3 Å². The van der Waals surface area contributed by atoms with Crippen molar-refractivity contribution in [1.29, 1.82) is 0 Å². The first-order chi connectivity index (χ1) is 8.22. The lowest BCUT2D eigenvalue weighted by molar-refractivity contribution is 0.112. The van der Waals surface area contributed by atoms with E-state index in [0.29, 0.717) is 17.9 Å². The van der Waals surface area contributed by atoms with Crippen LogP contribution in [0.4, 0.5) is 10.1 Å². The molecule has 17 heavy (non-hydrogen) atoms. The van der Waals surface area contributed by atoms with Crippen LogP contribution in [-0.2, 0) is 0 Å². The van der Waals surface area contributed by atoms with Crippen LogP contribution in [0.15, 0.2) is 18.2 Å². The van der Waals surface area contributed by atoms with Crippen molar-refractivity contribution in [2.75, 3.05) is 18.5 Å². The average molecular weight is 235 g/mol. The molecule has 0 amide bonds. The number of nitrogens with zero attached hydrogens (tertiary/aromatic N) is 1. The summed E-state index contributed by atoms with van der Waals surface area (Å²) in [4.78, 5) is 12.9. The second-order valence-corrected chi connectivity index (χ2v) is 4.82. The third-order valence-electron chi connectivity index (χ3n) is 3.57. The third-order valence-corrected chi connectivity index (χ3v) is 3.57. The van der Waals surface area contributed by atoms with Crippen LogP contribution >= 0.6 is 0 Å². The van der Waals surface area contributed by atoms with Gasteiger partial charge in [0.1, 0.15) is 5.82 Å². The number of hydrogen-bond acceptors (Lipinski definition) is 2. The molecule has 1 aliphatic rings. The van der Waals surface area contributed by atoms with E-state index in [1.54, 1.807) is 6.07 Å². The van der Waals surface area contributed by atoms with Gasteiger partial charge in [0.2, 0.25) is 0 Å². The number of hydrogen-bond donors (Lipinski definition) is 0. The van der Waals surface area contributed by atoms with Crippen LogP contribution in [0, 0.1) is 11.7 Å². The summed E-state index contributed by atoms with van der Waals surface area (Å²) in [5.41, 5.74) is 0.875. The lowest BCUT2D eigenvalue weighted by Crippen LogP contribution is -2.25. The van der Waals surface area contributed by atoms with Gasteiger partial charge in [0.25, 0.3) is 0 Å². The standard InChI is InChI=1S/C14H18FNO/c1-16(9-11-5-2-3-6-11)14-8-4-7-13(15)12(14)10-17/h4,7-8,10-11H,2-3,5-6,9H2,1H3. The highest BCUT2D eigenvalue weighted by Gasteiger charge is 2.19. The van der Waals surface area contributed by atoms with Crippen molar-refractivity contribution >= 4 is 12.0 Å². The van der Waals surface area contributed by atoms with Crippen molar-refractivity contribution in [3.05, 3.63) is 29.6 Å². The largest absolute Gasteiger partial charge is 0.374 e. The number of anilines is 1. The molecule has 0 radical (unpaired) electrons. The van der Waals surface area contributed by atoms with Gasteiger partial charge < -0.3 is 4.90 Å². The van der Waals surface area contributed by atoms with Crippen LogP contribution in [-0.4, -0.2) is 19.9 Å². The lowest BCUT2D eigenvalue weighted by atomic mass is 10.1. The van der Waals surface area contributed by atoms with E-state index in [-0.39, 0.29) is 5.56 Å². The van der Waals surface area contributed by atoms with Gasteiger partial charge in [-0.15, -0.1) is 0 Å². The van der Waals surface area contributed by atoms with Gasteiger partial charge in [0, 0.05) is 19.3 Å². The zero-order valence-electron chi connectivity index (χ0n) is 10.2. The molecule has 1 aromatic rings. The Hall–Kier alpha value is -1.38. The van der Waals surface area contributed by atoms with Crippen molar-refractivity contribution in [2.45, 2.75) is 25.7 Å². The van der Waals surface area contributed by atoms with Gasteiger partial charge in [-0.1, -0.05) is 18.9 Å². The van der Waals surface area contributed by atoms with Crippen LogP contribution < -0.4 is 4.90 Å². The highest BCUT2D eigenvalue weighted by atomic mass is 19.1. The molecule has 0 aliphatic heterocycles. The molecule has 0 spiro atoms. The minimum Gasteiger partial charge on any atom is -0.374 e. The Morgan fingerprint density at radius 3 is 2.76 bits per heavy atom. The number of rotatable bonds is 4. The van der Waals surface area contributed by atoms with Crippen molar-refractivity contribution in [3.63, 3.8) is 0 Å². The molecular weight excluding hydrogens is 217 g/mol. The maximum Gasteiger partial charge on any atom is 0.155 e. The zero-order chi connectivity index (χ0) is 12.3. The molecule has 1 aliphatic carbocycles. The molecule has 0 bridgehead atoms. The number of aldehydes is 1. The quantitative estimate of drug-likeness (QED) is 0.746. The minimum atomic E-state index is -0.434. The molecule has 0 N–H and O–H groups in total. The summed E-state index contributed by atoms with van der Waals surface area (Å²) in [7, 11) is 1.93. The van der Waals surface area contributed by atoms with Gasteiger partial charge in [0.05, 0.1) is 5.56 Å². The van der Waals surface area contributed by atoms with Gasteiger partial charge in [-0.05, 0) is 30.9 Å². The first-order valence-electron chi connectivity index (χ1n) is 6.17. The number of halogens is 1. The summed E-state index contributed by atoms with van der Waals surface area (Å²) >= 11 is 0. The normalized spacial score (nSPS) is 16.1. The van der Waals surface area contributed by atoms with E-state index in [1.807, 2.05) is 18.0 Å². The second kappa shape index (κ2) is 5.30. The average Bonchev–Trinajstić information content (AvgIpc) is 2.81. The molecule has 1 saturated carbocycles. The van der Waals surface area contributed by atoms with Gasteiger partial charge in [0.15, 0.2) is 6.29 Å². The Morgan fingerprint density at radius 2 is 2.12 bits per heavy atom. The van der Waals surface area contributed by atoms with Crippen LogP contribution in [0.3, 0.4) is 0 Å². The van der Waals surface area contributed by atoms with Crippen LogP contribution in [0.5, 0.6) is 0 Å². The fourth-order valence-electron chi connectivity index (χ4n) is 2.65. The van der Waals surface area contributed by atoms with Crippen molar-refractivity contribution in [1.82, 2.24) is 0 Å². The Balaban J connectivity index is 2.14. The van der Waals surface area contributed by atoms with E-state index in [9.17, 15) is 9.18 Å². The Morgan fingerprint density at radius 1 is 1.41 bits per heavy atom. The minimum absolute atomic E-state index is 0.174. The molecule has 0 aromatic heterocycles. The van der Waals surface area contributed by atoms with Crippen molar-refractivity contribution in [3.8, 4) is 0 Å². The second-order valence-electron chi connectivity index (χ2n) is 4.82. The van der Waals surface area contributed by atoms with Crippen LogP contribution in [0.2, 0.25) is 0 Å².